The summed E-state index contributed by atoms with van der Waals surface area (Å²) in [5.74, 6) is 0.324. The summed E-state index contributed by atoms with van der Waals surface area (Å²) in [6.45, 7) is 1.27. The average molecular weight is 391 g/mol. The lowest BCUT2D eigenvalue weighted by Gasteiger charge is -2.16. The fraction of sp³-hybridized carbons (Fsp3) is 0.263. The average Bonchev–Trinajstić information content (AvgIpc) is 3.14. The highest BCUT2D eigenvalue weighted by atomic mass is 35.5. The van der Waals surface area contributed by atoms with Gasteiger partial charge in [0.25, 0.3) is 5.91 Å². The Balaban J connectivity index is 1.59. The largest absolute Gasteiger partial charge is 0.489 e. The number of para-hydroxylation sites is 2. The normalized spacial score (nSPS) is 16.1. The molecule has 7 heteroatoms. The van der Waals surface area contributed by atoms with Crippen LogP contribution >= 0.6 is 23.8 Å². The molecule has 1 fully saturated rings. The van der Waals surface area contributed by atoms with E-state index in [1.807, 2.05) is 24.3 Å². The number of carbonyl (C=O) groups excluding carboxylic acids is 1. The van der Waals surface area contributed by atoms with Crippen LogP contribution in [-0.2, 0) is 4.74 Å². The number of ether oxygens (including phenoxy) is 2. The van der Waals surface area contributed by atoms with E-state index in [9.17, 15) is 4.79 Å². The highest BCUT2D eigenvalue weighted by Gasteiger charge is 2.17. The second-order valence-electron chi connectivity index (χ2n) is 5.86. The van der Waals surface area contributed by atoms with E-state index in [-0.39, 0.29) is 17.1 Å². The van der Waals surface area contributed by atoms with E-state index in [1.54, 1.807) is 24.3 Å². The Hall–Kier alpha value is -2.15. The predicted molar refractivity (Wildman–Crippen MR) is 106 cm³/mol. The number of thiocarbonyl (C=S) groups is 1. The lowest BCUT2D eigenvalue weighted by atomic mass is 10.2. The standard InChI is InChI=1S/C19H19ClN2O3S/c20-14-6-3-5-13(11-14)18(23)22-19(26)21-16-8-1-2-9-17(16)25-12-15-7-4-10-24-15/h1-3,5-6,8-9,11,15H,4,7,10,12H2,(H2,21,22,23,26). The Bertz CT molecular complexity index is 794. The fourth-order valence-corrected chi connectivity index (χ4v) is 3.01. The third-order valence-electron chi connectivity index (χ3n) is 3.90. The molecule has 0 radical (unpaired) electrons. The van der Waals surface area contributed by atoms with Gasteiger partial charge in [-0.3, -0.25) is 10.1 Å². The van der Waals surface area contributed by atoms with E-state index in [0.29, 0.717) is 28.6 Å². The summed E-state index contributed by atoms with van der Waals surface area (Å²) < 4.78 is 11.4. The van der Waals surface area contributed by atoms with Gasteiger partial charge in [0.1, 0.15) is 12.4 Å². The summed E-state index contributed by atoms with van der Waals surface area (Å²) in [6, 6.07) is 14.1. The van der Waals surface area contributed by atoms with Gasteiger partial charge in [0, 0.05) is 17.2 Å². The van der Waals surface area contributed by atoms with E-state index in [2.05, 4.69) is 10.6 Å². The maximum atomic E-state index is 12.2. The second-order valence-corrected chi connectivity index (χ2v) is 6.71. The van der Waals surface area contributed by atoms with Crippen molar-refractivity contribution in [1.29, 1.82) is 0 Å². The van der Waals surface area contributed by atoms with Gasteiger partial charge in [0.2, 0.25) is 0 Å². The maximum absolute atomic E-state index is 12.2. The number of anilines is 1. The van der Waals surface area contributed by atoms with Gasteiger partial charge >= 0.3 is 0 Å². The van der Waals surface area contributed by atoms with Crippen molar-refractivity contribution in [2.45, 2.75) is 18.9 Å². The molecule has 2 aromatic carbocycles. The Morgan fingerprint density at radius 1 is 1.27 bits per heavy atom. The maximum Gasteiger partial charge on any atom is 0.257 e. The molecular weight excluding hydrogens is 372 g/mol. The number of benzene rings is 2. The monoisotopic (exact) mass is 390 g/mol. The van der Waals surface area contributed by atoms with Crippen LogP contribution in [0.3, 0.4) is 0 Å². The summed E-state index contributed by atoms with van der Waals surface area (Å²) in [6.07, 6.45) is 2.19. The molecule has 2 N–H and O–H groups in total. The molecule has 0 saturated carbocycles. The molecule has 1 amide bonds. The van der Waals surface area contributed by atoms with Crippen molar-refractivity contribution in [3.05, 3.63) is 59.1 Å². The molecule has 2 aromatic rings. The Kier molecular flexibility index (Phi) is 6.44. The number of hydrogen-bond donors (Lipinski definition) is 2. The number of nitrogens with one attached hydrogen (secondary N) is 2. The van der Waals surface area contributed by atoms with Crippen LogP contribution in [0.4, 0.5) is 5.69 Å². The first-order valence-electron chi connectivity index (χ1n) is 8.33. The molecule has 0 bridgehead atoms. The van der Waals surface area contributed by atoms with Gasteiger partial charge in [0.05, 0.1) is 11.8 Å². The number of hydrogen-bond acceptors (Lipinski definition) is 4. The van der Waals surface area contributed by atoms with Crippen LogP contribution < -0.4 is 15.4 Å². The van der Waals surface area contributed by atoms with Crippen LogP contribution in [0.15, 0.2) is 48.5 Å². The van der Waals surface area contributed by atoms with E-state index < -0.39 is 0 Å². The smallest absolute Gasteiger partial charge is 0.257 e. The van der Waals surface area contributed by atoms with Crippen LogP contribution in [0.1, 0.15) is 23.2 Å². The molecule has 3 rings (SSSR count). The SMILES string of the molecule is O=C(NC(=S)Nc1ccccc1OCC1CCCO1)c1cccc(Cl)c1. The van der Waals surface area contributed by atoms with Crippen molar-refractivity contribution in [3.8, 4) is 5.75 Å². The molecule has 1 heterocycles. The number of halogens is 1. The molecule has 0 aromatic heterocycles. The Labute approximate surface area is 162 Å². The zero-order valence-electron chi connectivity index (χ0n) is 14.0. The quantitative estimate of drug-likeness (QED) is 0.755. The van der Waals surface area contributed by atoms with Crippen LogP contribution in [-0.4, -0.2) is 30.3 Å². The second kappa shape index (κ2) is 8.98. The van der Waals surface area contributed by atoms with Gasteiger partial charge in [0.15, 0.2) is 5.11 Å². The van der Waals surface area contributed by atoms with Gasteiger partial charge in [-0.05, 0) is 55.4 Å². The number of carbonyl (C=O) groups is 1. The third kappa shape index (κ3) is 5.17. The van der Waals surface area contributed by atoms with Crippen LogP contribution in [0.5, 0.6) is 5.75 Å². The molecule has 1 saturated heterocycles. The van der Waals surface area contributed by atoms with Crippen molar-refractivity contribution in [1.82, 2.24) is 5.32 Å². The molecule has 5 nitrogen and oxygen atoms in total. The summed E-state index contributed by atoms with van der Waals surface area (Å²) in [4.78, 5) is 12.2. The molecule has 1 aliphatic heterocycles. The summed E-state index contributed by atoms with van der Waals surface area (Å²) in [7, 11) is 0. The lowest BCUT2D eigenvalue weighted by Crippen LogP contribution is -2.34. The van der Waals surface area contributed by atoms with Gasteiger partial charge in [-0.15, -0.1) is 0 Å². The van der Waals surface area contributed by atoms with Crippen molar-refractivity contribution >= 4 is 40.5 Å². The number of rotatable bonds is 5. The van der Waals surface area contributed by atoms with Crippen LogP contribution in [0.2, 0.25) is 5.02 Å². The molecule has 0 spiro atoms. The first kappa shape index (κ1) is 18.6. The van der Waals surface area contributed by atoms with Crippen LogP contribution in [0.25, 0.3) is 0 Å². The van der Waals surface area contributed by atoms with Crippen molar-refractivity contribution in [2.75, 3.05) is 18.5 Å². The molecular formula is C19H19ClN2O3S. The first-order chi connectivity index (χ1) is 12.6. The van der Waals surface area contributed by atoms with E-state index in [0.717, 1.165) is 19.4 Å². The summed E-state index contributed by atoms with van der Waals surface area (Å²) in [5.41, 5.74) is 1.12. The minimum atomic E-state index is -0.331. The summed E-state index contributed by atoms with van der Waals surface area (Å²) in [5, 5.41) is 6.31. The first-order valence-corrected chi connectivity index (χ1v) is 9.12. The topological polar surface area (TPSA) is 59.6 Å². The predicted octanol–water partition coefficient (Wildman–Crippen LogP) is 4.02. The van der Waals surface area contributed by atoms with Crippen molar-refractivity contribution in [3.63, 3.8) is 0 Å². The van der Waals surface area contributed by atoms with Gasteiger partial charge in [-0.1, -0.05) is 29.8 Å². The van der Waals surface area contributed by atoms with Crippen molar-refractivity contribution in [2.24, 2.45) is 0 Å². The minimum Gasteiger partial charge on any atom is -0.489 e. The zero-order chi connectivity index (χ0) is 18.4. The Morgan fingerprint density at radius 3 is 2.88 bits per heavy atom. The lowest BCUT2D eigenvalue weighted by molar-refractivity contribution is 0.0682. The molecule has 1 aliphatic rings. The molecule has 0 aliphatic carbocycles. The molecule has 136 valence electrons. The third-order valence-corrected chi connectivity index (χ3v) is 4.34. The molecule has 1 unspecified atom stereocenters. The fourth-order valence-electron chi connectivity index (χ4n) is 2.61. The minimum absolute atomic E-state index is 0.123. The Morgan fingerprint density at radius 2 is 2.12 bits per heavy atom. The van der Waals surface area contributed by atoms with E-state index in [4.69, 9.17) is 33.3 Å². The van der Waals surface area contributed by atoms with Crippen molar-refractivity contribution < 1.29 is 14.3 Å². The van der Waals surface area contributed by atoms with Gasteiger partial charge in [-0.25, -0.2) is 0 Å². The van der Waals surface area contributed by atoms with Gasteiger partial charge in [-0.2, -0.15) is 0 Å². The molecule has 26 heavy (non-hydrogen) atoms. The van der Waals surface area contributed by atoms with Gasteiger partial charge < -0.3 is 14.8 Å². The zero-order valence-corrected chi connectivity index (χ0v) is 15.6. The number of amides is 1. The summed E-state index contributed by atoms with van der Waals surface area (Å²) >= 11 is 11.1. The highest BCUT2D eigenvalue weighted by molar-refractivity contribution is 7.80. The molecule has 1 atom stereocenters. The highest BCUT2D eigenvalue weighted by Crippen LogP contribution is 2.25. The van der Waals surface area contributed by atoms with Crippen LogP contribution in [0, 0.1) is 0 Å². The van der Waals surface area contributed by atoms with E-state index >= 15 is 0 Å². The van der Waals surface area contributed by atoms with E-state index in [1.165, 1.54) is 0 Å².